The SMILES string of the molecule is [B]1CCCCC2=C1CCCC2. The number of rotatable bonds is 0. The molecule has 2 aliphatic rings. The van der Waals surface area contributed by atoms with E-state index < -0.39 is 0 Å². The summed E-state index contributed by atoms with van der Waals surface area (Å²) >= 11 is 0. The van der Waals surface area contributed by atoms with Crippen molar-refractivity contribution in [2.45, 2.75) is 51.3 Å². The lowest BCUT2D eigenvalue weighted by Gasteiger charge is -2.17. The van der Waals surface area contributed by atoms with Crippen LogP contribution in [0.1, 0.15) is 44.9 Å². The second kappa shape index (κ2) is 3.47. The fourth-order valence-corrected chi connectivity index (χ4v) is 2.28. The topological polar surface area (TPSA) is 0 Å². The summed E-state index contributed by atoms with van der Waals surface area (Å²) in [7, 11) is 2.50. The molecule has 0 aromatic rings. The number of hydrogen-bond acceptors (Lipinski definition) is 0. The van der Waals surface area contributed by atoms with Crippen LogP contribution in [0.5, 0.6) is 0 Å². The highest BCUT2D eigenvalue weighted by atomic mass is 14.1. The van der Waals surface area contributed by atoms with Gasteiger partial charge >= 0.3 is 0 Å². The Bertz CT molecular complexity index is 152. The molecule has 0 aromatic heterocycles. The minimum absolute atomic E-state index is 1.35. The normalized spacial score (nSPS) is 25.5. The highest BCUT2D eigenvalue weighted by Gasteiger charge is 2.14. The summed E-state index contributed by atoms with van der Waals surface area (Å²) in [4.78, 5) is 0. The Hall–Kier alpha value is -0.195. The number of hydrogen-bond donors (Lipinski definition) is 0. The van der Waals surface area contributed by atoms with E-state index in [2.05, 4.69) is 7.28 Å². The van der Waals surface area contributed by atoms with Gasteiger partial charge < -0.3 is 0 Å². The minimum Gasteiger partial charge on any atom is -0.110 e. The van der Waals surface area contributed by atoms with E-state index in [9.17, 15) is 0 Å². The van der Waals surface area contributed by atoms with E-state index in [1.807, 2.05) is 0 Å². The minimum atomic E-state index is 1.35. The fraction of sp³-hybridized carbons (Fsp3) is 0.800. The van der Waals surface area contributed by atoms with Gasteiger partial charge in [-0.05, 0) is 25.7 Å². The van der Waals surface area contributed by atoms with Crippen LogP contribution in [-0.4, -0.2) is 7.28 Å². The summed E-state index contributed by atoms with van der Waals surface area (Å²) in [6.07, 6.45) is 11.3. The van der Waals surface area contributed by atoms with Crippen molar-refractivity contribution >= 4 is 7.28 Å². The van der Waals surface area contributed by atoms with E-state index in [0.717, 1.165) is 0 Å². The zero-order valence-corrected chi connectivity index (χ0v) is 7.23. The maximum absolute atomic E-state index is 2.50. The van der Waals surface area contributed by atoms with Gasteiger partial charge in [0.05, 0.1) is 0 Å². The van der Waals surface area contributed by atoms with E-state index in [0.29, 0.717) is 0 Å². The molecule has 0 spiro atoms. The average molecular weight is 147 g/mol. The van der Waals surface area contributed by atoms with Gasteiger partial charge in [-0.15, -0.1) is 5.47 Å². The van der Waals surface area contributed by atoms with Crippen molar-refractivity contribution in [3.05, 3.63) is 11.0 Å². The molecular formula is C10H16B. The third-order valence-corrected chi connectivity index (χ3v) is 2.95. The largest absolute Gasteiger partial charge is 0.145 e. The molecular weight excluding hydrogens is 131 g/mol. The molecule has 0 amide bonds. The first-order valence-corrected chi connectivity index (χ1v) is 5.01. The van der Waals surface area contributed by atoms with Crippen LogP contribution in [0, 0.1) is 0 Å². The Morgan fingerprint density at radius 1 is 0.818 bits per heavy atom. The van der Waals surface area contributed by atoms with Gasteiger partial charge in [-0.25, -0.2) is 0 Å². The maximum atomic E-state index is 2.50. The molecule has 0 saturated carbocycles. The van der Waals surface area contributed by atoms with Crippen LogP contribution in [0.3, 0.4) is 0 Å². The van der Waals surface area contributed by atoms with Crippen LogP contribution < -0.4 is 0 Å². The Labute approximate surface area is 70.3 Å². The highest BCUT2D eigenvalue weighted by Crippen LogP contribution is 2.30. The van der Waals surface area contributed by atoms with Crippen LogP contribution in [0.15, 0.2) is 11.0 Å². The van der Waals surface area contributed by atoms with Gasteiger partial charge in [0.2, 0.25) is 0 Å². The molecule has 2 rings (SSSR count). The molecule has 1 heteroatoms. The van der Waals surface area contributed by atoms with Crippen molar-refractivity contribution in [2.24, 2.45) is 0 Å². The molecule has 1 aliphatic carbocycles. The maximum Gasteiger partial charge on any atom is 0.145 e. The summed E-state index contributed by atoms with van der Waals surface area (Å²) in [5, 5.41) is 0. The van der Waals surface area contributed by atoms with E-state index in [4.69, 9.17) is 0 Å². The standard InChI is InChI=1S/C10H16B/c1-2-7-10-9(5-1)6-3-4-8-11-10/h1-8H2. The third-order valence-electron chi connectivity index (χ3n) is 2.95. The molecule has 1 aliphatic heterocycles. The van der Waals surface area contributed by atoms with Crippen molar-refractivity contribution in [2.75, 3.05) is 0 Å². The molecule has 11 heavy (non-hydrogen) atoms. The predicted octanol–water partition coefficient (Wildman–Crippen LogP) is 3.12. The van der Waals surface area contributed by atoms with Gasteiger partial charge in [-0.3, -0.25) is 0 Å². The first-order valence-electron chi connectivity index (χ1n) is 5.01. The van der Waals surface area contributed by atoms with E-state index in [1.165, 1.54) is 51.3 Å². The van der Waals surface area contributed by atoms with Gasteiger partial charge in [-0.2, -0.15) is 0 Å². The van der Waals surface area contributed by atoms with E-state index in [-0.39, 0.29) is 0 Å². The second-order valence-corrected chi connectivity index (χ2v) is 3.79. The molecule has 0 unspecified atom stereocenters. The first-order chi connectivity index (χ1) is 5.47. The average Bonchev–Trinajstić information content (AvgIpc) is 2.28. The monoisotopic (exact) mass is 147 g/mol. The van der Waals surface area contributed by atoms with E-state index in [1.54, 1.807) is 11.0 Å². The van der Waals surface area contributed by atoms with Gasteiger partial charge in [-0.1, -0.05) is 31.2 Å². The lowest BCUT2D eigenvalue weighted by molar-refractivity contribution is 0.655. The quantitative estimate of drug-likeness (QED) is 0.461. The summed E-state index contributed by atoms with van der Waals surface area (Å²) in [6.45, 7) is 0. The van der Waals surface area contributed by atoms with Crippen molar-refractivity contribution in [1.82, 2.24) is 0 Å². The molecule has 1 heterocycles. The van der Waals surface area contributed by atoms with Crippen molar-refractivity contribution in [3.63, 3.8) is 0 Å². The predicted molar refractivity (Wildman–Crippen MR) is 49.9 cm³/mol. The van der Waals surface area contributed by atoms with Crippen LogP contribution in [0.4, 0.5) is 0 Å². The number of allylic oxidation sites excluding steroid dienone is 2. The molecule has 59 valence electrons. The van der Waals surface area contributed by atoms with Gasteiger partial charge in [0.25, 0.3) is 0 Å². The Morgan fingerprint density at radius 2 is 1.55 bits per heavy atom. The molecule has 0 N–H and O–H groups in total. The molecule has 0 aromatic carbocycles. The van der Waals surface area contributed by atoms with Gasteiger partial charge in [0.1, 0.15) is 7.28 Å². The molecule has 1 radical (unpaired) electrons. The molecule has 0 nitrogen and oxygen atoms in total. The fourth-order valence-electron chi connectivity index (χ4n) is 2.28. The Morgan fingerprint density at radius 3 is 2.45 bits per heavy atom. The zero-order valence-electron chi connectivity index (χ0n) is 7.23. The Balaban J connectivity index is 2.10. The van der Waals surface area contributed by atoms with Crippen molar-refractivity contribution < 1.29 is 0 Å². The highest BCUT2D eigenvalue weighted by molar-refractivity contribution is 6.45. The van der Waals surface area contributed by atoms with E-state index >= 15 is 0 Å². The van der Waals surface area contributed by atoms with Gasteiger partial charge in [0, 0.05) is 0 Å². The van der Waals surface area contributed by atoms with Gasteiger partial charge in [0.15, 0.2) is 0 Å². The van der Waals surface area contributed by atoms with Crippen LogP contribution in [0.2, 0.25) is 6.32 Å². The lowest BCUT2D eigenvalue weighted by atomic mass is 9.62. The smallest absolute Gasteiger partial charge is 0.110 e. The Kier molecular flexibility index (Phi) is 2.35. The molecule has 0 fully saturated rings. The summed E-state index contributed by atoms with van der Waals surface area (Å²) in [5.41, 5.74) is 3.53. The van der Waals surface area contributed by atoms with Crippen molar-refractivity contribution in [3.8, 4) is 0 Å². The van der Waals surface area contributed by atoms with Crippen molar-refractivity contribution in [1.29, 1.82) is 0 Å². The molecule has 0 atom stereocenters. The van der Waals surface area contributed by atoms with Crippen LogP contribution in [-0.2, 0) is 0 Å². The lowest BCUT2D eigenvalue weighted by Crippen LogP contribution is -2.03. The molecule has 0 bridgehead atoms. The first kappa shape index (κ1) is 7.45. The third kappa shape index (κ3) is 1.69. The summed E-state index contributed by atoms with van der Waals surface area (Å²) < 4.78 is 0. The van der Waals surface area contributed by atoms with Crippen LogP contribution in [0.25, 0.3) is 0 Å². The summed E-state index contributed by atoms with van der Waals surface area (Å²) in [5.74, 6) is 0. The summed E-state index contributed by atoms with van der Waals surface area (Å²) in [6, 6.07) is 0. The second-order valence-electron chi connectivity index (χ2n) is 3.79. The molecule has 0 saturated heterocycles. The zero-order chi connectivity index (χ0) is 7.52. The van der Waals surface area contributed by atoms with Crippen LogP contribution >= 0.6 is 0 Å².